The maximum atomic E-state index is 14.5. The third-order valence-corrected chi connectivity index (χ3v) is 6.08. The quantitative estimate of drug-likeness (QED) is 0.305. The molecule has 1 saturated carbocycles. The summed E-state index contributed by atoms with van der Waals surface area (Å²) in [6.07, 6.45) is 7.34. The average molecular weight is 490 g/mol. The molecule has 1 fully saturated rings. The van der Waals surface area contributed by atoms with E-state index < -0.39 is 5.82 Å². The Kier molecular flexibility index (Phi) is 8.08. The maximum Gasteiger partial charge on any atom is 0.306 e. The van der Waals surface area contributed by atoms with Gasteiger partial charge in [0.05, 0.1) is 42.5 Å². The van der Waals surface area contributed by atoms with Crippen molar-refractivity contribution in [2.45, 2.75) is 59.5 Å². The summed E-state index contributed by atoms with van der Waals surface area (Å²) >= 11 is 0. The molecule has 4 rings (SSSR count). The van der Waals surface area contributed by atoms with E-state index >= 15 is 0 Å². The highest BCUT2D eigenvalue weighted by atomic mass is 19.1. The van der Waals surface area contributed by atoms with E-state index in [4.69, 9.17) is 14.5 Å². The van der Waals surface area contributed by atoms with Crippen LogP contribution in [0, 0.1) is 18.7 Å². The van der Waals surface area contributed by atoms with Gasteiger partial charge in [0, 0.05) is 11.3 Å². The monoisotopic (exact) mass is 489 g/mol. The lowest BCUT2D eigenvalue weighted by Gasteiger charge is -2.17. The van der Waals surface area contributed by atoms with E-state index in [0.717, 1.165) is 24.0 Å². The summed E-state index contributed by atoms with van der Waals surface area (Å²) in [7, 11) is 0. The van der Waals surface area contributed by atoms with Crippen molar-refractivity contribution < 1.29 is 18.7 Å². The molecule has 3 aromatic rings. The highest BCUT2D eigenvalue weighted by Crippen LogP contribution is 2.45. The van der Waals surface area contributed by atoms with Crippen LogP contribution in [0.15, 0.2) is 48.3 Å². The Hall–Kier alpha value is -3.61. The number of allylic oxidation sites excluding steroid dienone is 1. The minimum absolute atomic E-state index is 0.134. The number of hydrogen-bond acceptors (Lipinski definition) is 6. The molecule has 6 nitrogen and oxygen atoms in total. The first-order valence-corrected chi connectivity index (χ1v) is 12.4. The summed E-state index contributed by atoms with van der Waals surface area (Å²) in [5.74, 6) is 0.741. The molecule has 1 atom stereocenters. The van der Waals surface area contributed by atoms with E-state index in [2.05, 4.69) is 9.97 Å². The number of halogens is 1. The Morgan fingerprint density at radius 2 is 2.00 bits per heavy atom. The molecule has 2 heterocycles. The van der Waals surface area contributed by atoms with Crippen LogP contribution in [0.5, 0.6) is 5.75 Å². The molecule has 0 spiro atoms. The van der Waals surface area contributed by atoms with Crippen molar-refractivity contribution in [3.8, 4) is 17.0 Å². The average Bonchev–Trinajstić information content (AvgIpc) is 3.68. The van der Waals surface area contributed by atoms with Gasteiger partial charge in [0.2, 0.25) is 0 Å². The zero-order valence-corrected chi connectivity index (χ0v) is 21.3. The topological polar surface area (TPSA) is 74.2 Å². The lowest BCUT2D eigenvalue weighted by molar-refractivity contribution is -0.143. The molecule has 0 amide bonds. The van der Waals surface area contributed by atoms with Crippen LogP contribution in [-0.2, 0) is 16.1 Å². The van der Waals surface area contributed by atoms with E-state index in [-0.39, 0.29) is 18.5 Å². The first-order chi connectivity index (χ1) is 17.3. The van der Waals surface area contributed by atoms with Gasteiger partial charge in [-0.1, -0.05) is 17.7 Å². The maximum absolute atomic E-state index is 14.5. The van der Waals surface area contributed by atoms with Crippen LogP contribution in [0.25, 0.3) is 17.3 Å². The van der Waals surface area contributed by atoms with Gasteiger partial charge in [-0.15, -0.1) is 0 Å². The first kappa shape index (κ1) is 25.5. The van der Waals surface area contributed by atoms with Gasteiger partial charge in [-0.05, 0) is 82.2 Å². The molecule has 0 unspecified atom stereocenters. The van der Waals surface area contributed by atoms with Gasteiger partial charge in [-0.25, -0.2) is 9.37 Å². The smallest absolute Gasteiger partial charge is 0.306 e. The SMILES string of the molecule is CCOC(=O)C[C@H](c1cccc(OCc2cnc(-c3cc(C)ncc3F)c(C=C(C)C)n2)c1)C1CC1. The second-order valence-corrected chi connectivity index (χ2v) is 9.44. The third kappa shape index (κ3) is 6.53. The molecule has 0 radical (unpaired) electrons. The Labute approximate surface area is 211 Å². The summed E-state index contributed by atoms with van der Waals surface area (Å²) < 4.78 is 25.8. The summed E-state index contributed by atoms with van der Waals surface area (Å²) in [6.45, 7) is 8.16. The normalized spacial score (nSPS) is 13.7. The van der Waals surface area contributed by atoms with Crippen molar-refractivity contribution in [3.63, 3.8) is 0 Å². The number of pyridine rings is 1. The fraction of sp³-hybridized carbons (Fsp3) is 0.379. The summed E-state index contributed by atoms with van der Waals surface area (Å²) in [5, 5.41) is 0. The summed E-state index contributed by atoms with van der Waals surface area (Å²) in [6, 6.07) is 9.56. The van der Waals surface area contributed by atoms with Crippen LogP contribution in [-0.4, -0.2) is 27.5 Å². The fourth-order valence-electron chi connectivity index (χ4n) is 4.26. The lowest BCUT2D eigenvalue weighted by Crippen LogP contribution is -2.12. The molecule has 36 heavy (non-hydrogen) atoms. The minimum atomic E-state index is -0.438. The second-order valence-electron chi connectivity index (χ2n) is 9.44. The lowest BCUT2D eigenvalue weighted by atomic mass is 9.91. The van der Waals surface area contributed by atoms with E-state index in [0.29, 0.717) is 53.0 Å². The third-order valence-electron chi connectivity index (χ3n) is 6.08. The Bertz CT molecular complexity index is 1270. The Balaban J connectivity index is 1.54. The summed E-state index contributed by atoms with van der Waals surface area (Å²) in [5.41, 5.74) is 4.86. The van der Waals surface area contributed by atoms with Gasteiger partial charge < -0.3 is 9.47 Å². The highest BCUT2D eigenvalue weighted by Gasteiger charge is 2.34. The van der Waals surface area contributed by atoms with Crippen molar-refractivity contribution in [1.29, 1.82) is 0 Å². The first-order valence-electron chi connectivity index (χ1n) is 12.4. The number of nitrogens with zero attached hydrogens (tertiary/aromatic N) is 3. The van der Waals surface area contributed by atoms with E-state index in [1.165, 1.54) is 6.20 Å². The number of hydrogen-bond donors (Lipinski definition) is 0. The van der Waals surface area contributed by atoms with Gasteiger partial charge in [0.15, 0.2) is 5.82 Å². The van der Waals surface area contributed by atoms with Crippen molar-refractivity contribution in [2.24, 2.45) is 5.92 Å². The molecule has 0 bridgehead atoms. The molecule has 0 aliphatic heterocycles. The van der Waals surface area contributed by atoms with Gasteiger partial charge >= 0.3 is 5.97 Å². The molecule has 0 N–H and O–H groups in total. The van der Waals surface area contributed by atoms with Crippen LogP contribution >= 0.6 is 0 Å². The van der Waals surface area contributed by atoms with Crippen molar-refractivity contribution in [3.05, 3.63) is 76.8 Å². The van der Waals surface area contributed by atoms with Crippen molar-refractivity contribution in [1.82, 2.24) is 15.0 Å². The van der Waals surface area contributed by atoms with E-state index in [9.17, 15) is 9.18 Å². The number of ether oxygens (including phenoxy) is 2. The van der Waals surface area contributed by atoms with Gasteiger partial charge in [0.1, 0.15) is 12.4 Å². The van der Waals surface area contributed by atoms with Gasteiger partial charge in [-0.3, -0.25) is 14.8 Å². The number of esters is 1. The van der Waals surface area contributed by atoms with Gasteiger partial charge in [-0.2, -0.15) is 0 Å². The standard InChI is InChI=1S/C29H32FN3O3/c1-5-35-28(34)14-24(20-9-10-20)21-7-6-8-23(13-21)36-17-22-15-32-29(27(33-22)11-18(2)3)25-12-19(4)31-16-26(25)30/h6-8,11-13,15-16,20,24H,5,9-10,14,17H2,1-4H3/t24-/m0/s1. The number of carbonyl (C=O) groups excluding carboxylic acids is 1. The highest BCUT2D eigenvalue weighted by molar-refractivity contribution is 5.71. The molecule has 1 aliphatic rings. The van der Waals surface area contributed by atoms with Crippen LogP contribution in [0.3, 0.4) is 0 Å². The van der Waals surface area contributed by atoms with Crippen molar-refractivity contribution >= 4 is 12.0 Å². The van der Waals surface area contributed by atoms with Gasteiger partial charge in [0.25, 0.3) is 0 Å². The summed E-state index contributed by atoms with van der Waals surface area (Å²) in [4.78, 5) is 25.4. The molecule has 7 heteroatoms. The zero-order valence-electron chi connectivity index (χ0n) is 21.3. The predicted octanol–water partition coefficient (Wildman–Crippen LogP) is 6.44. The molecule has 1 aliphatic carbocycles. The fourth-order valence-corrected chi connectivity index (χ4v) is 4.26. The van der Waals surface area contributed by atoms with E-state index in [1.807, 2.05) is 58.0 Å². The molecule has 0 saturated heterocycles. The minimum Gasteiger partial charge on any atom is -0.487 e. The predicted molar refractivity (Wildman–Crippen MR) is 137 cm³/mol. The number of carbonyl (C=O) groups is 1. The molecule has 188 valence electrons. The zero-order chi connectivity index (χ0) is 25.7. The number of aromatic nitrogens is 3. The largest absolute Gasteiger partial charge is 0.487 e. The molecular formula is C29H32FN3O3. The Morgan fingerprint density at radius 3 is 2.72 bits per heavy atom. The van der Waals surface area contributed by atoms with Crippen LogP contribution in [0.4, 0.5) is 4.39 Å². The van der Waals surface area contributed by atoms with Crippen molar-refractivity contribution in [2.75, 3.05) is 6.61 Å². The van der Waals surface area contributed by atoms with E-state index in [1.54, 1.807) is 12.3 Å². The van der Waals surface area contributed by atoms with Crippen LogP contribution < -0.4 is 4.74 Å². The number of aryl methyl sites for hydroxylation is 1. The molecule has 1 aromatic carbocycles. The Morgan fingerprint density at radius 1 is 1.19 bits per heavy atom. The molecule has 2 aromatic heterocycles. The molecular weight excluding hydrogens is 457 g/mol. The second kappa shape index (κ2) is 11.4. The van der Waals surface area contributed by atoms with Crippen LogP contribution in [0.1, 0.15) is 68.6 Å². The number of rotatable bonds is 10. The number of benzene rings is 1. The van der Waals surface area contributed by atoms with Crippen LogP contribution in [0.2, 0.25) is 0 Å².